The quantitative estimate of drug-likeness (QED) is 0.606. The van der Waals surface area contributed by atoms with Crippen LogP contribution in [0.25, 0.3) is 0 Å². The van der Waals surface area contributed by atoms with Crippen molar-refractivity contribution in [3.8, 4) is 5.75 Å². The van der Waals surface area contributed by atoms with E-state index in [9.17, 15) is 9.59 Å². The molecule has 0 unspecified atom stereocenters. The molecule has 86 valence electrons. The molecule has 16 heavy (non-hydrogen) atoms. The minimum absolute atomic E-state index is 0.307. The van der Waals surface area contributed by atoms with Crippen molar-refractivity contribution < 1.29 is 19.1 Å². The zero-order chi connectivity index (χ0) is 12.0. The summed E-state index contributed by atoms with van der Waals surface area (Å²) in [5.74, 6) is 0.0549. The standard InChI is InChI=1S/C11H13NO4/c1-3-16-11(14)8-4-5-10(15-2)9(6-8)12-7-13/h4-7H,3H2,1-2H3,(H,12,13). The third kappa shape index (κ3) is 2.73. The molecule has 0 aliphatic rings. The molecule has 0 atom stereocenters. The maximum absolute atomic E-state index is 11.4. The number of rotatable bonds is 5. The lowest BCUT2D eigenvalue weighted by Gasteiger charge is -2.08. The Bertz CT molecular complexity index is 390. The molecule has 0 saturated heterocycles. The van der Waals surface area contributed by atoms with Crippen LogP contribution in [0.5, 0.6) is 5.75 Å². The first-order chi connectivity index (χ1) is 7.72. The monoisotopic (exact) mass is 223 g/mol. The number of ether oxygens (including phenoxy) is 2. The topological polar surface area (TPSA) is 64.6 Å². The molecule has 0 saturated carbocycles. The highest BCUT2D eigenvalue weighted by atomic mass is 16.5. The summed E-state index contributed by atoms with van der Waals surface area (Å²) in [7, 11) is 1.48. The summed E-state index contributed by atoms with van der Waals surface area (Å²) in [4.78, 5) is 21.8. The fourth-order valence-electron chi connectivity index (χ4n) is 1.23. The number of benzene rings is 1. The van der Waals surface area contributed by atoms with Gasteiger partial charge in [0.1, 0.15) is 5.75 Å². The van der Waals surface area contributed by atoms with E-state index >= 15 is 0 Å². The summed E-state index contributed by atoms with van der Waals surface area (Å²) < 4.78 is 9.86. The molecule has 0 fully saturated rings. The third-order valence-corrected chi connectivity index (χ3v) is 1.93. The molecule has 0 aliphatic heterocycles. The first kappa shape index (κ1) is 12.0. The van der Waals surface area contributed by atoms with Gasteiger partial charge in [0.15, 0.2) is 0 Å². The molecule has 0 heterocycles. The van der Waals surface area contributed by atoms with Gasteiger partial charge in [-0.15, -0.1) is 0 Å². The molecule has 0 bridgehead atoms. The predicted molar refractivity (Wildman–Crippen MR) is 58.6 cm³/mol. The lowest BCUT2D eigenvalue weighted by Crippen LogP contribution is -2.06. The van der Waals surface area contributed by atoms with Crippen LogP contribution in [0.3, 0.4) is 0 Å². The van der Waals surface area contributed by atoms with Gasteiger partial charge in [-0.25, -0.2) is 4.79 Å². The molecule has 0 aromatic heterocycles. The van der Waals surface area contributed by atoms with Crippen molar-refractivity contribution in [3.05, 3.63) is 23.8 Å². The SMILES string of the molecule is CCOC(=O)c1ccc(OC)c(NC=O)c1. The molecule has 0 radical (unpaired) electrons. The summed E-state index contributed by atoms with van der Waals surface area (Å²) in [5, 5.41) is 2.45. The zero-order valence-electron chi connectivity index (χ0n) is 9.15. The largest absolute Gasteiger partial charge is 0.495 e. The third-order valence-electron chi connectivity index (χ3n) is 1.93. The molecule has 1 aromatic rings. The van der Waals surface area contributed by atoms with Crippen LogP contribution in [0.4, 0.5) is 5.69 Å². The Labute approximate surface area is 93.4 Å². The van der Waals surface area contributed by atoms with E-state index in [4.69, 9.17) is 9.47 Å². The zero-order valence-corrected chi connectivity index (χ0v) is 9.15. The Balaban J connectivity index is 3.00. The van der Waals surface area contributed by atoms with Gasteiger partial charge >= 0.3 is 5.97 Å². The fraction of sp³-hybridized carbons (Fsp3) is 0.273. The highest BCUT2D eigenvalue weighted by Crippen LogP contribution is 2.25. The van der Waals surface area contributed by atoms with E-state index in [0.29, 0.717) is 30.0 Å². The molecule has 5 nitrogen and oxygen atoms in total. The lowest BCUT2D eigenvalue weighted by atomic mass is 10.2. The number of nitrogens with one attached hydrogen (secondary N) is 1. The molecule has 1 aromatic carbocycles. The molecule has 1 N–H and O–H groups in total. The van der Waals surface area contributed by atoms with Crippen LogP contribution < -0.4 is 10.1 Å². The Morgan fingerprint density at radius 2 is 2.25 bits per heavy atom. The van der Waals surface area contributed by atoms with Crippen molar-refractivity contribution in [2.75, 3.05) is 19.0 Å². The number of carbonyl (C=O) groups is 2. The van der Waals surface area contributed by atoms with Crippen LogP contribution in [0, 0.1) is 0 Å². The molecule has 0 spiro atoms. The van der Waals surface area contributed by atoms with Gasteiger partial charge in [-0.2, -0.15) is 0 Å². The second-order valence-corrected chi connectivity index (χ2v) is 2.90. The van der Waals surface area contributed by atoms with E-state index in [0.717, 1.165) is 0 Å². The maximum Gasteiger partial charge on any atom is 0.338 e. The minimum Gasteiger partial charge on any atom is -0.495 e. The van der Waals surface area contributed by atoms with Crippen LogP contribution in [-0.4, -0.2) is 26.1 Å². The first-order valence-electron chi connectivity index (χ1n) is 4.78. The van der Waals surface area contributed by atoms with E-state index in [1.165, 1.54) is 13.2 Å². The Morgan fingerprint density at radius 1 is 1.50 bits per heavy atom. The second kappa shape index (κ2) is 5.75. The first-order valence-corrected chi connectivity index (χ1v) is 4.78. The minimum atomic E-state index is -0.431. The van der Waals surface area contributed by atoms with Gasteiger partial charge in [-0.05, 0) is 25.1 Å². The van der Waals surface area contributed by atoms with E-state index in [2.05, 4.69) is 5.32 Å². The van der Waals surface area contributed by atoms with Crippen LogP contribution in [-0.2, 0) is 9.53 Å². The van der Waals surface area contributed by atoms with Gasteiger partial charge < -0.3 is 14.8 Å². The molecule has 1 rings (SSSR count). The number of carbonyl (C=O) groups excluding carboxylic acids is 2. The van der Waals surface area contributed by atoms with Crippen LogP contribution in [0.1, 0.15) is 17.3 Å². The average Bonchev–Trinajstić information content (AvgIpc) is 2.29. The van der Waals surface area contributed by atoms with Crippen molar-refractivity contribution >= 4 is 18.1 Å². The van der Waals surface area contributed by atoms with Gasteiger partial charge in [0.2, 0.25) is 6.41 Å². The molecule has 5 heteroatoms. The highest BCUT2D eigenvalue weighted by molar-refractivity contribution is 5.92. The number of esters is 1. The number of amides is 1. The number of hydrogen-bond donors (Lipinski definition) is 1. The average molecular weight is 223 g/mol. The highest BCUT2D eigenvalue weighted by Gasteiger charge is 2.10. The van der Waals surface area contributed by atoms with E-state index in [1.54, 1.807) is 19.1 Å². The van der Waals surface area contributed by atoms with E-state index in [-0.39, 0.29) is 0 Å². The summed E-state index contributed by atoms with van der Waals surface area (Å²) in [6, 6.07) is 4.68. The molecule has 0 aliphatic carbocycles. The van der Waals surface area contributed by atoms with Crippen LogP contribution in [0.2, 0.25) is 0 Å². The Morgan fingerprint density at radius 3 is 2.81 bits per heavy atom. The summed E-state index contributed by atoms with van der Waals surface area (Å²) in [6.45, 7) is 2.04. The summed E-state index contributed by atoms with van der Waals surface area (Å²) in [5.41, 5.74) is 0.801. The van der Waals surface area contributed by atoms with Gasteiger partial charge in [-0.1, -0.05) is 0 Å². The fourth-order valence-corrected chi connectivity index (χ4v) is 1.23. The van der Waals surface area contributed by atoms with Crippen molar-refractivity contribution in [3.63, 3.8) is 0 Å². The van der Waals surface area contributed by atoms with E-state index < -0.39 is 5.97 Å². The van der Waals surface area contributed by atoms with Gasteiger partial charge in [-0.3, -0.25) is 4.79 Å². The predicted octanol–water partition coefficient (Wildman–Crippen LogP) is 1.44. The lowest BCUT2D eigenvalue weighted by molar-refractivity contribution is -0.105. The van der Waals surface area contributed by atoms with Crippen molar-refractivity contribution in [1.29, 1.82) is 0 Å². The van der Waals surface area contributed by atoms with Crippen molar-refractivity contribution in [2.45, 2.75) is 6.92 Å². The number of anilines is 1. The number of hydrogen-bond acceptors (Lipinski definition) is 4. The van der Waals surface area contributed by atoms with Gasteiger partial charge in [0, 0.05) is 0 Å². The Hall–Kier alpha value is -2.04. The summed E-state index contributed by atoms with van der Waals surface area (Å²) in [6.07, 6.45) is 0.521. The van der Waals surface area contributed by atoms with Crippen molar-refractivity contribution in [1.82, 2.24) is 0 Å². The molecule has 1 amide bonds. The van der Waals surface area contributed by atoms with E-state index in [1.807, 2.05) is 0 Å². The van der Waals surface area contributed by atoms with Crippen molar-refractivity contribution in [2.24, 2.45) is 0 Å². The molecular weight excluding hydrogens is 210 g/mol. The van der Waals surface area contributed by atoms with Crippen LogP contribution in [0.15, 0.2) is 18.2 Å². The smallest absolute Gasteiger partial charge is 0.338 e. The number of methoxy groups -OCH3 is 1. The van der Waals surface area contributed by atoms with Crippen LogP contribution >= 0.6 is 0 Å². The second-order valence-electron chi connectivity index (χ2n) is 2.90. The Kier molecular flexibility index (Phi) is 4.32. The summed E-state index contributed by atoms with van der Waals surface area (Å²) >= 11 is 0. The van der Waals surface area contributed by atoms with Gasteiger partial charge in [0.05, 0.1) is 25.0 Å². The van der Waals surface area contributed by atoms with Gasteiger partial charge in [0.25, 0.3) is 0 Å². The maximum atomic E-state index is 11.4. The normalized spacial score (nSPS) is 9.38. The molecular formula is C11H13NO4.